The third-order valence-corrected chi connectivity index (χ3v) is 3.94. The molecule has 2 aromatic carbocycles. The van der Waals surface area contributed by atoms with Gasteiger partial charge in [0.15, 0.2) is 0 Å². The molecule has 3 heteroatoms. The number of benzene rings is 2. The van der Waals surface area contributed by atoms with Gasteiger partial charge in [0.1, 0.15) is 5.75 Å². The van der Waals surface area contributed by atoms with E-state index < -0.39 is 0 Å². The van der Waals surface area contributed by atoms with E-state index in [1.807, 2.05) is 42.5 Å². The third-order valence-electron chi connectivity index (χ3n) is 3.69. The van der Waals surface area contributed by atoms with Crippen molar-refractivity contribution in [2.75, 3.05) is 6.61 Å². The van der Waals surface area contributed by atoms with E-state index in [2.05, 4.69) is 19.1 Å². The van der Waals surface area contributed by atoms with Gasteiger partial charge in [-0.05, 0) is 61.6 Å². The van der Waals surface area contributed by atoms with Gasteiger partial charge in [0.2, 0.25) is 0 Å². The quantitative estimate of drug-likeness (QED) is 0.632. The molecule has 22 heavy (non-hydrogen) atoms. The van der Waals surface area contributed by atoms with Crippen LogP contribution in [0.4, 0.5) is 0 Å². The monoisotopic (exact) mass is 313 g/mol. The average molecular weight is 314 g/mol. The Morgan fingerprint density at radius 2 is 1.82 bits per heavy atom. The lowest BCUT2D eigenvalue weighted by Gasteiger charge is -2.12. The van der Waals surface area contributed by atoms with Crippen molar-refractivity contribution in [3.8, 4) is 11.8 Å². The highest BCUT2D eigenvalue weighted by atomic mass is 35.5. The first-order valence-corrected chi connectivity index (χ1v) is 7.92. The first kappa shape index (κ1) is 16.4. The van der Waals surface area contributed by atoms with Crippen LogP contribution in [0.5, 0.6) is 5.75 Å². The summed E-state index contributed by atoms with van der Waals surface area (Å²) in [7, 11) is 0. The van der Waals surface area contributed by atoms with Crippen LogP contribution in [0.2, 0.25) is 5.02 Å². The van der Waals surface area contributed by atoms with Gasteiger partial charge >= 0.3 is 0 Å². The molecule has 0 saturated heterocycles. The highest BCUT2D eigenvalue weighted by Gasteiger charge is 2.12. The summed E-state index contributed by atoms with van der Waals surface area (Å²) in [6.45, 7) is 2.72. The van der Waals surface area contributed by atoms with Crippen LogP contribution in [0.15, 0.2) is 48.5 Å². The van der Waals surface area contributed by atoms with Gasteiger partial charge in [0.25, 0.3) is 0 Å². The number of nitriles is 1. The Morgan fingerprint density at radius 1 is 1.09 bits per heavy atom. The Morgan fingerprint density at radius 3 is 2.50 bits per heavy atom. The number of rotatable bonds is 7. The molecule has 0 aromatic heterocycles. The molecule has 0 heterocycles. The van der Waals surface area contributed by atoms with Crippen LogP contribution in [-0.2, 0) is 0 Å². The molecule has 2 aromatic rings. The summed E-state index contributed by atoms with van der Waals surface area (Å²) in [4.78, 5) is 0. The fourth-order valence-electron chi connectivity index (χ4n) is 2.44. The molecule has 114 valence electrons. The number of nitrogens with zero attached hydrogens (tertiary/aromatic N) is 1. The molecule has 1 unspecified atom stereocenters. The largest absolute Gasteiger partial charge is 0.494 e. The summed E-state index contributed by atoms with van der Waals surface area (Å²) in [6, 6.07) is 17.9. The summed E-state index contributed by atoms with van der Waals surface area (Å²) in [5.41, 5.74) is 2.33. The van der Waals surface area contributed by atoms with Crippen LogP contribution >= 0.6 is 11.6 Å². The number of hydrogen-bond acceptors (Lipinski definition) is 2. The van der Waals surface area contributed by atoms with Gasteiger partial charge in [0, 0.05) is 5.02 Å². The van der Waals surface area contributed by atoms with E-state index in [1.54, 1.807) is 0 Å². The fraction of sp³-hybridized carbons (Fsp3) is 0.316. The maximum atomic E-state index is 9.37. The molecule has 0 N–H and O–H groups in total. The Labute approximate surface area is 137 Å². The summed E-state index contributed by atoms with van der Waals surface area (Å²) in [6.07, 6.45) is 2.78. The van der Waals surface area contributed by atoms with E-state index in [4.69, 9.17) is 16.3 Å². The van der Waals surface area contributed by atoms with Crippen molar-refractivity contribution in [3.05, 3.63) is 64.7 Å². The highest BCUT2D eigenvalue weighted by Crippen LogP contribution is 2.24. The zero-order chi connectivity index (χ0) is 15.8. The second kappa shape index (κ2) is 8.46. The fourth-order valence-corrected chi connectivity index (χ4v) is 2.56. The number of aryl methyl sites for hydroxylation is 1. The van der Waals surface area contributed by atoms with Crippen LogP contribution in [0.3, 0.4) is 0 Å². The average Bonchev–Trinajstić information content (AvgIpc) is 2.54. The van der Waals surface area contributed by atoms with Crippen LogP contribution in [0.25, 0.3) is 0 Å². The number of unbranched alkanes of at least 4 members (excludes halogenated alkanes) is 1. The minimum absolute atomic E-state index is 0.0308. The molecule has 0 amide bonds. The van der Waals surface area contributed by atoms with Gasteiger partial charge < -0.3 is 4.74 Å². The SMILES string of the molecule is Cc1ccccc1C(C#N)CCCCOc1ccc(Cl)cc1. The molecule has 0 bridgehead atoms. The van der Waals surface area contributed by atoms with Crippen molar-refractivity contribution in [1.82, 2.24) is 0 Å². The summed E-state index contributed by atoms with van der Waals surface area (Å²) in [5, 5.41) is 10.1. The highest BCUT2D eigenvalue weighted by molar-refractivity contribution is 6.30. The molecule has 0 aliphatic heterocycles. The van der Waals surface area contributed by atoms with Crippen LogP contribution in [0.1, 0.15) is 36.3 Å². The lowest BCUT2D eigenvalue weighted by molar-refractivity contribution is 0.304. The van der Waals surface area contributed by atoms with Gasteiger partial charge in [-0.25, -0.2) is 0 Å². The van der Waals surface area contributed by atoms with Crippen molar-refractivity contribution in [2.45, 2.75) is 32.1 Å². The molecule has 0 spiro atoms. The van der Waals surface area contributed by atoms with E-state index >= 15 is 0 Å². The first-order chi connectivity index (χ1) is 10.7. The number of halogens is 1. The zero-order valence-electron chi connectivity index (χ0n) is 12.8. The van der Waals surface area contributed by atoms with Crippen molar-refractivity contribution in [3.63, 3.8) is 0 Å². The first-order valence-electron chi connectivity index (χ1n) is 7.54. The van der Waals surface area contributed by atoms with Gasteiger partial charge in [-0.1, -0.05) is 35.9 Å². The maximum Gasteiger partial charge on any atom is 0.119 e. The summed E-state index contributed by atoms with van der Waals surface area (Å²) < 4.78 is 5.66. The minimum atomic E-state index is -0.0308. The Balaban J connectivity index is 1.74. The number of hydrogen-bond donors (Lipinski definition) is 0. The van der Waals surface area contributed by atoms with Gasteiger partial charge in [-0.2, -0.15) is 5.26 Å². The summed E-state index contributed by atoms with van der Waals surface area (Å²) >= 11 is 5.83. The standard InChI is InChI=1S/C19H20ClNO/c1-15-6-2-3-8-19(15)16(14-21)7-4-5-13-22-18-11-9-17(20)10-12-18/h2-3,6,8-12,16H,4-5,7,13H2,1H3. The molecule has 2 nitrogen and oxygen atoms in total. The second-order valence-corrected chi connectivity index (χ2v) is 5.77. The Bertz CT molecular complexity index is 631. The minimum Gasteiger partial charge on any atom is -0.494 e. The molecule has 0 fully saturated rings. The van der Waals surface area contributed by atoms with Crippen molar-refractivity contribution in [2.24, 2.45) is 0 Å². The predicted octanol–water partition coefficient (Wildman–Crippen LogP) is 5.50. The number of ether oxygens (including phenoxy) is 1. The van der Waals surface area contributed by atoms with Crippen molar-refractivity contribution in [1.29, 1.82) is 5.26 Å². The smallest absolute Gasteiger partial charge is 0.119 e. The van der Waals surface area contributed by atoms with E-state index in [-0.39, 0.29) is 5.92 Å². The topological polar surface area (TPSA) is 33.0 Å². The summed E-state index contributed by atoms with van der Waals surface area (Å²) in [5.74, 6) is 0.803. The van der Waals surface area contributed by atoms with Gasteiger partial charge in [-0.15, -0.1) is 0 Å². The van der Waals surface area contributed by atoms with Crippen LogP contribution < -0.4 is 4.74 Å². The van der Waals surface area contributed by atoms with Gasteiger partial charge in [0.05, 0.1) is 18.6 Å². The van der Waals surface area contributed by atoms with Crippen molar-refractivity contribution >= 4 is 11.6 Å². The Kier molecular flexibility index (Phi) is 6.30. The molecular weight excluding hydrogens is 294 g/mol. The molecule has 0 radical (unpaired) electrons. The van der Waals surface area contributed by atoms with Crippen molar-refractivity contribution < 1.29 is 4.74 Å². The lowest BCUT2D eigenvalue weighted by atomic mass is 9.92. The van der Waals surface area contributed by atoms with E-state index in [9.17, 15) is 5.26 Å². The molecule has 0 aliphatic carbocycles. The van der Waals surface area contributed by atoms with E-state index in [1.165, 1.54) is 5.56 Å². The van der Waals surface area contributed by atoms with Crippen LogP contribution in [-0.4, -0.2) is 6.61 Å². The molecule has 2 rings (SSSR count). The molecule has 0 saturated carbocycles. The zero-order valence-corrected chi connectivity index (χ0v) is 13.5. The van der Waals surface area contributed by atoms with E-state index in [0.717, 1.165) is 30.6 Å². The Hall–Kier alpha value is -1.98. The normalized spacial score (nSPS) is 11.7. The van der Waals surface area contributed by atoms with E-state index in [0.29, 0.717) is 11.6 Å². The lowest BCUT2D eigenvalue weighted by Crippen LogP contribution is -2.01. The maximum absolute atomic E-state index is 9.37. The molecule has 1 atom stereocenters. The molecular formula is C19H20ClNO. The predicted molar refractivity (Wildman–Crippen MR) is 90.3 cm³/mol. The van der Waals surface area contributed by atoms with Gasteiger partial charge in [-0.3, -0.25) is 0 Å². The van der Waals surface area contributed by atoms with Crippen LogP contribution in [0, 0.1) is 18.3 Å². The third kappa shape index (κ3) is 4.79. The second-order valence-electron chi connectivity index (χ2n) is 5.34. The molecule has 0 aliphatic rings.